The Hall–Kier alpha value is -2.24. The highest BCUT2D eigenvalue weighted by molar-refractivity contribution is 5.81. The summed E-state index contributed by atoms with van der Waals surface area (Å²) >= 11 is 0. The molecule has 0 aromatic heterocycles. The summed E-state index contributed by atoms with van der Waals surface area (Å²) in [5, 5.41) is 12.8. The van der Waals surface area contributed by atoms with E-state index in [1.807, 2.05) is 0 Å². The Kier molecular flexibility index (Phi) is 4.51. The summed E-state index contributed by atoms with van der Waals surface area (Å²) in [5.74, 6) is 1.54. The third-order valence-electron chi connectivity index (χ3n) is 6.02. The number of carbonyl (C=O) groups excluding carboxylic acids is 2. The van der Waals surface area contributed by atoms with Crippen molar-refractivity contribution in [3.05, 3.63) is 24.3 Å². The number of amides is 1. The number of ether oxygens (including phenoxy) is 2. The number of benzene rings is 1. The van der Waals surface area contributed by atoms with Gasteiger partial charge in [0.25, 0.3) is 5.91 Å². The van der Waals surface area contributed by atoms with Crippen LogP contribution in [0.1, 0.15) is 38.5 Å². The van der Waals surface area contributed by atoms with E-state index < -0.39 is 5.97 Å². The number of carbonyl (C=O) groups is 2. The number of phenols is 1. The molecular formula is C20H25NO5. The Morgan fingerprint density at radius 1 is 1.04 bits per heavy atom. The van der Waals surface area contributed by atoms with Gasteiger partial charge >= 0.3 is 5.97 Å². The molecule has 4 aliphatic carbocycles. The highest BCUT2D eigenvalue weighted by atomic mass is 16.6. The van der Waals surface area contributed by atoms with Gasteiger partial charge < -0.3 is 19.9 Å². The van der Waals surface area contributed by atoms with E-state index in [0.29, 0.717) is 0 Å². The molecule has 26 heavy (non-hydrogen) atoms. The van der Waals surface area contributed by atoms with Crippen LogP contribution in [0.2, 0.25) is 0 Å². The molecule has 1 amide bonds. The summed E-state index contributed by atoms with van der Waals surface area (Å²) in [7, 11) is 0. The number of nitrogens with one attached hydrogen (secondary N) is 1. The van der Waals surface area contributed by atoms with Crippen LogP contribution in [0.4, 0.5) is 0 Å². The van der Waals surface area contributed by atoms with Gasteiger partial charge in [0.2, 0.25) is 0 Å². The van der Waals surface area contributed by atoms with Crippen LogP contribution in [-0.2, 0) is 14.3 Å². The molecule has 140 valence electrons. The number of hydrogen-bond donors (Lipinski definition) is 2. The maximum absolute atomic E-state index is 12.3. The summed E-state index contributed by atoms with van der Waals surface area (Å²) in [6, 6.07) is 6.39. The predicted octanol–water partition coefficient (Wildman–Crippen LogP) is 2.40. The third-order valence-corrected chi connectivity index (χ3v) is 6.02. The SMILES string of the molecule is O=C(COC(=O)COc1ccccc1O)NC12CC3CC(CC(C3)C1)C2. The number of esters is 1. The smallest absolute Gasteiger partial charge is 0.344 e. The van der Waals surface area contributed by atoms with Crippen molar-refractivity contribution in [3.63, 3.8) is 0 Å². The van der Waals surface area contributed by atoms with Crippen molar-refractivity contribution in [1.82, 2.24) is 5.32 Å². The Morgan fingerprint density at radius 2 is 1.65 bits per heavy atom. The lowest BCUT2D eigenvalue weighted by Crippen LogP contribution is -2.60. The van der Waals surface area contributed by atoms with Gasteiger partial charge in [-0.3, -0.25) is 4.79 Å². The van der Waals surface area contributed by atoms with Crippen molar-refractivity contribution in [2.24, 2.45) is 17.8 Å². The summed E-state index contributed by atoms with van der Waals surface area (Å²) in [6.07, 6.45) is 7.13. The molecule has 4 saturated carbocycles. The second-order valence-corrected chi connectivity index (χ2v) is 8.16. The van der Waals surface area contributed by atoms with E-state index in [2.05, 4.69) is 5.32 Å². The first-order valence-corrected chi connectivity index (χ1v) is 9.39. The first kappa shape index (κ1) is 17.2. The Bertz CT molecular complexity index is 666. The van der Waals surface area contributed by atoms with Crippen LogP contribution < -0.4 is 10.1 Å². The molecule has 1 aromatic rings. The molecule has 1 aromatic carbocycles. The molecule has 0 saturated heterocycles. The van der Waals surface area contributed by atoms with E-state index >= 15 is 0 Å². The summed E-state index contributed by atoms with van der Waals surface area (Å²) in [5.41, 5.74) is -0.0788. The molecule has 0 atom stereocenters. The zero-order chi connectivity index (χ0) is 18.1. The van der Waals surface area contributed by atoms with Gasteiger partial charge in [-0.15, -0.1) is 0 Å². The average Bonchev–Trinajstić information content (AvgIpc) is 2.57. The van der Waals surface area contributed by atoms with Gasteiger partial charge in [0.1, 0.15) is 0 Å². The van der Waals surface area contributed by atoms with Crippen LogP contribution >= 0.6 is 0 Å². The third kappa shape index (κ3) is 3.64. The number of rotatable bonds is 6. The molecule has 0 heterocycles. The fourth-order valence-electron chi connectivity index (χ4n) is 5.50. The monoisotopic (exact) mass is 359 g/mol. The number of hydrogen-bond acceptors (Lipinski definition) is 5. The fourth-order valence-corrected chi connectivity index (χ4v) is 5.50. The lowest BCUT2D eigenvalue weighted by molar-refractivity contribution is -0.151. The van der Waals surface area contributed by atoms with Crippen LogP contribution in [0.5, 0.6) is 11.5 Å². The number of para-hydroxylation sites is 2. The van der Waals surface area contributed by atoms with Crippen molar-refractivity contribution in [2.75, 3.05) is 13.2 Å². The normalized spacial score (nSPS) is 31.5. The van der Waals surface area contributed by atoms with E-state index in [0.717, 1.165) is 37.0 Å². The average molecular weight is 359 g/mol. The minimum absolute atomic E-state index is 0.0418. The molecule has 6 heteroatoms. The first-order chi connectivity index (χ1) is 12.5. The van der Waals surface area contributed by atoms with Gasteiger partial charge in [-0.25, -0.2) is 4.79 Å². The van der Waals surface area contributed by atoms with Crippen LogP contribution in [-0.4, -0.2) is 35.7 Å². The maximum Gasteiger partial charge on any atom is 0.344 e. The number of aromatic hydroxyl groups is 1. The summed E-state index contributed by atoms with van der Waals surface area (Å²) in [6.45, 7) is -0.632. The second-order valence-electron chi connectivity index (χ2n) is 8.16. The highest BCUT2D eigenvalue weighted by Gasteiger charge is 2.51. The second kappa shape index (κ2) is 6.82. The zero-order valence-corrected chi connectivity index (χ0v) is 14.8. The maximum atomic E-state index is 12.3. The molecule has 2 N–H and O–H groups in total. The molecule has 0 unspecified atom stereocenters. The van der Waals surface area contributed by atoms with Crippen molar-refractivity contribution in [3.8, 4) is 11.5 Å². The summed E-state index contributed by atoms with van der Waals surface area (Å²) < 4.78 is 10.2. The van der Waals surface area contributed by atoms with E-state index in [-0.39, 0.29) is 36.2 Å². The van der Waals surface area contributed by atoms with E-state index in [1.54, 1.807) is 18.2 Å². The van der Waals surface area contributed by atoms with Gasteiger partial charge in [0.05, 0.1) is 0 Å². The standard InChI is InChI=1S/C20H25NO5/c22-16-3-1-2-4-17(16)25-12-19(24)26-11-18(23)21-20-8-13-5-14(9-20)7-15(6-13)10-20/h1-4,13-15,22H,5-12H2,(H,21,23). The Labute approximate surface area is 152 Å². The van der Waals surface area contributed by atoms with Gasteiger partial charge in [-0.05, 0) is 68.4 Å². The lowest BCUT2D eigenvalue weighted by Gasteiger charge is -2.56. The number of phenolic OH excluding ortho intramolecular Hbond substituents is 1. The topological polar surface area (TPSA) is 84.9 Å². The molecule has 0 spiro atoms. The molecule has 0 aliphatic heterocycles. The Balaban J connectivity index is 1.23. The predicted molar refractivity (Wildman–Crippen MR) is 93.6 cm³/mol. The highest BCUT2D eigenvalue weighted by Crippen LogP contribution is 2.55. The molecule has 6 nitrogen and oxygen atoms in total. The van der Waals surface area contributed by atoms with Gasteiger partial charge in [0, 0.05) is 5.54 Å². The van der Waals surface area contributed by atoms with Crippen molar-refractivity contribution in [2.45, 2.75) is 44.1 Å². The minimum atomic E-state index is -0.631. The molecule has 4 bridgehead atoms. The van der Waals surface area contributed by atoms with Crippen molar-refractivity contribution >= 4 is 11.9 Å². The van der Waals surface area contributed by atoms with Crippen molar-refractivity contribution < 1.29 is 24.2 Å². The van der Waals surface area contributed by atoms with Gasteiger partial charge in [0.15, 0.2) is 24.7 Å². The Morgan fingerprint density at radius 3 is 2.27 bits per heavy atom. The largest absolute Gasteiger partial charge is 0.504 e. The van der Waals surface area contributed by atoms with E-state index in [9.17, 15) is 14.7 Å². The van der Waals surface area contributed by atoms with Crippen molar-refractivity contribution in [1.29, 1.82) is 0 Å². The molecule has 5 rings (SSSR count). The van der Waals surface area contributed by atoms with E-state index in [1.165, 1.54) is 25.3 Å². The first-order valence-electron chi connectivity index (χ1n) is 9.39. The lowest BCUT2D eigenvalue weighted by atomic mass is 9.53. The zero-order valence-electron chi connectivity index (χ0n) is 14.8. The minimum Gasteiger partial charge on any atom is -0.504 e. The quantitative estimate of drug-likeness (QED) is 0.762. The van der Waals surface area contributed by atoms with Crippen LogP contribution in [0.3, 0.4) is 0 Å². The summed E-state index contributed by atoms with van der Waals surface area (Å²) in [4.78, 5) is 24.1. The molecule has 0 radical (unpaired) electrons. The molecule has 4 fully saturated rings. The molecule has 4 aliphatic rings. The fraction of sp³-hybridized carbons (Fsp3) is 0.600. The molecular weight excluding hydrogens is 334 g/mol. The van der Waals surface area contributed by atoms with Crippen LogP contribution in [0, 0.1) is 17.8 Å². The van der Waals surface area contributed by atoms with Gasteiger partial charge in [-0.2, -0.15) is 0 Å². The van der Waals surface area contributed by atoms with Crippen LogP contribution in [0.25, 0.3) is 0 Å². The van der Waals surface area contributed by atoms with Gasteiger partial charge in [-0.1, -0.05) is 12.1 Å². The van der Waals surface area contributed by atoms with Crippen LogP contribution in [0.15, 0.2) is 24.3 Å². The van der Waals surface area contributed by atoms with E-state index in [4.69, 9.17) is 9.47 Å².